The molecule has 0 saturated carbocycles. The van der Waals surface area contributed by atoms with Crippen molar-refractivity contribution < 1.29 is 14.7 Å². The summed E-state index contributed by atoms with van der Waals surface area (Å²) in [5, 5.41) is 14.4. The molecule has 6 heteroatoms. The van der Waals surface area contributed by atoms with Gasteiger partial charge in [-0.1, -0.05) is 37.6 Å². The molecule has 1 atom stereocenters. The minimum absolute atomic E-state index is 0.118. The first kappa shape index (κ1) is 18.3. The number of halogens is 1. The first-order valence-corrected chi connectivity index (χ1v) is 10.0. The van der Waals surface area contributed by atoms with Gasteiger partial charge in [-0.05, 0) is 42.0 Å². The molecule has 0 spiro atoms. The highest BCUT2D eigenvalue weighted by atomic mass is 35.5. The van der Waals surface area contributed by atoms with E-state index in [2.05, 4.69) is 19.2 Å². The molecule has 2 aliphatic rings. The average molecular weight is 402 g/mol. The van der Waals surface area contributed by atoms with Gasteiger partial charge in [-0.3, -0.25) is 4.79 Å². The summed E-state index contributed by atoms with van der Waals surface area (Å²) in [6.45, 7) is 6.00. The molecule has 0 bridgehead atoms. The van der Waals surface area contributed by atoms with Gasteiger partial charge in [0.1, 0.15) is 4.88 Å². The van der Waals surface area contributed by atoms with Gasteiger partial charge in [-0.2, -0.15) is 0 Å². The van der Waals surface area contributed by atoms with Crippen LogP contribution in [0.4, 0.5) is 5.00 Å². The van der Waals surface area contributed by atoms with Gasteiger partial charge < -0.3 is 10.4 Å². The topological polar surface area (TPSA) is 66.4 Å². The normalized spacial score (nSPS) is 20.7. The smallest absolute Gasteiger partial charge is 0.346 e. The fourth-order valence-electron chi connectivity index (χ4n) is 4.22. The molecule has 4 rings (SSSR count). The number of aromatic carboxylic acids is 1. The van der Waals surface area contributed by atoms with Crippen molar-refractivity contribution in [2.75, 3.05) is 5.32 Å². The van der Waals surface area contributed by atoms with Crippen LogP contribution in [0.3, 0.4) is 0 Å². The Balaban J connectivity index is 1.96. The van der Waals surface area contributed by atoms with Crippen molar-refractivity contribution in [3.63, 3.8) is 0 Å². The summed E-state index contributed by atoms with van der Waals surface area (Å²) in [5.41, 5.74) is 4.14. The maximum atomic E-state index is 13.1. The number of nitrogens with one attached hydrogen (secondary N) is 1. The van der Waals surface area contributed by atoms with Gasteiger partial charge in [0.05, 0.1) is 5.00 Å². The largest absolute Gasteiger partial charge is 0.477 e. The lowest BCUT2D eigenvalue weighted by Crippen LogP contribution is -2.33. The van der Waals surface area contributed by atoms with Crippen molar-refractivity contribution in [3.05, 3.63) is 62.1 Å². The molecule has 1 aliphatic heterocycles. The number of hydrogen-bond acceptors (Lipinski definition) is 4. The Labute approximate surface area is 166 Å². The number of ketones is 1. The van der Waals surface area contributed by atoms with Crippen LogP contribution in [-0.4, -0.2) is 16.9 Å². The van der Waals surface area contributed by atoms with E-state index < -0.39 is 5.97 Å². The summed E-state index contributed by atoms with van der Waals surface area (Å²) in [7, 11) is 0. The number of thiophene rings is 1. The second kappa shape index (κ2) is 6.21. The zero-order valence-corrected chi connectivity index (χ0v) is 16.9. The first-order chi connectivity index (χ1) is 12.7. The van der Waals surface area contributed by atoms with Crippen LogP contribution >= 0.6 is 22.9 Å². The Morgan fingerprint density at radius 1 is 1.26 bits per heavy atom. The monoisotopic (exact) mass is 401 g/mol. The number of rotatable bonds is 2. The van der Waals surface area contributed by atoms with Gasteiger partial charge in [0.15, 0.2) is 5.78 Å². The highest BCUT2D eigenvalue weighted by molar-refractivity contribution is 7.18. The zero-order valence-electron chi connectivity index (χ0n) is 15.4. The van der Waals surface area contributed by atoms with Crippen LogP contribution in [0.5, 0.6) is 0 Å². The highest BCUT2D eigenvalue weighted by Gasteiger charge is 2.42. The van der Waals surface area contributed by atoms with E-state index in [0.29, 0.717) is 16.3 Å². The second-order valence-electron chi connectivity index (χ2n) is 8.05. The highest BCUT2D eigenvalue weighted by Crippen LogP contribution is 2.52. The van der Waals surface area contributed by atoms with Crippen LogP contribution < -0.4 is 5.32 Å². The first-order valence-electron chi connectivity index (χ1n) is 8.83. The van der Waals surface area contributed by atoms with Crippen LogP contribution in [0.15, 0.2) is 35.5 Å². The molecule has 1 aliphatic carbocycles. The van der Waals surface area contributed by atoms with Gasteiger partial charge in [0.2, 0.25) is 0 Å². The van der Waals surface area contributed by atoms with Gasteiger partial charge in [-0.15, -0.1) is 11.3 Å². The molecule has 1 unspecified atom stereocenters. The Bertz CT molecular complexity index is 1000. The molecule has 140 valence electrons. The van der Waals surface area contributed by atoms with Gasteiger partial charge in [0, 0.05) is 34.2 Å². The number of Topliss-reactive ketones (excluding diaryl/α,β-unsaturated/α-hetero) is 1. The van der Waals surface area contributed by atoms with E-state index >= 15 is 0 Å². The number of anilines is 1. The van der Waals surface area contributed by atoms with E-state index in [4.69, 9.17) is 11.6 Å². The predicted molar refractivity (Wildman–Crippen MR) is 108 cm³/mol. The lowest BCUT2D eigenvalue weighted by molar-refractivity contribution is -0.118. The van der Waals surface area contributed by atoms with Crippen molar-refractivity contribution in [3.8, 4) is 0 Å². The third-order valence-electron chi connectivity index (χ3n) is 5.35. The van der Waals surface area contributed by atoms with Crippen LogP contribution in [0.1, 0.15) is 59.0 Å². The summed E-state index contributed by atoms with van der Waals surface area (Å²) in [4.78, 5) is 25.1. The number of hydrogen-bond donors (Lipinski definition) is 2. The van der Waals surface area contributed by atoms with Gasteiger partial charge >= 0.3 is 5.97 Å². The van der Waals surface area contributed by atoms with E-state index in [9.17, 15) is 14.7 Å². The molecule has 0 fully saturated rings. The van der Waals surface area contributed by atoms with Crippen LogP contribution in [0.25, 0.3) is 0 Å². The summed E-state index contributed by atoms with van der Waals surface area (Å²) in [6, 6.07) is 7.49. The van der Waals surface area contributed by atoms with E-state index in [1.54, 1.807) is 0 Å². The Hall–Kier alpha value is -2.11. The number of carbonyl (C=O) groups excluding carboxylic acids is 1. The molecule has 4 nitrogen and oxygen atoms in total. The second-order valence-corrected chi connectivity index (χ2v) is 9.50. The average Bonchev–Trinajstić information content (AvgIpc) is 2.89. The Morgan fingerprint density at radius 3 is 2.56 bits per heavy atom. The number of carboxylic acid groups (broad SMARTS) is 1. The Morgan fingerprint density at radius 2 is 1.93 bits per heavy atom. The van der Waals surface area contributed by atoms with Crippen LogP contribution in [0, 0.1) is 12.3 Å². The lowest BCUT2D eigenvalue weighted by Gasteiger charge is -2.38. The number of carboxylic acids is 1. The lowest BCUT2D eigenvalue weighted by atomic mass is 9.69. The summed E-state index contributed by atoms with van der Waals surface area (Å²) in [5.74, 6) is -1.07. The predicted octanol–water partition coefficient (Wildman–Crippen LogP) is 5.61. The number of carbonyl (C=O) groups is 2. The maximum absolute atomic E-state index is 13.1. The minimum atomic E-state index is -0.937. The molecular formula is C21H20ClNO3S. The van der Waals surface area contributed by atoms with Crippen molar-refractivity contribution in [2.24, 2.45) is 5.41 Å². The quantitative estimate of drug-likeness (QED) is 0.686. The molecule has 2 aromatic rings. The molecule has 0 saturated heterocycles. The van der Waals surface area contributed by atoms with Crippen LogP contribution in [0.2, 0.25) is 5.02 Å². The van der Waals surface area contributed by atoms with E-state index in [0.717, 1.165) is 39.4 Å². The van der Waals surface area contributed by atoms with Crippen molar-refractivity contribution in [1.82, 2.24) is 0 Å². The van der Waals surface area contributed by atoms with Crippen LogP contribution in [-0.2, 0) is 4.79 Å². The van der Waals surface area contributed by atoms with Gasteiger partial charge in [0.25, 0.3) is 0 Å². The SMILES string of the molecule is Cc1c(C(=O)O)sc2c1C(c1ccc(Cl)cc1)C1=C(CC(C)(C)CC1=O)N2. The molecule has 1 aromatic heterocycles. The fraction of sp³-hybridized carbons (Fsp3) is 0.333. The molecule has 2 heterocycles. The zero-order chi connectivity index (χ0) is 19.5. The molecule has 27 heavy (non-hydrogen) atoms. The van der Waals surface area contributed by atoms with Crippen molar-refractivity contribution in [1.29, 1.82) is 0 Å². The molecule has 2 N–H and O–H groups in total. The summed E-state index contributed by atoms with van der Waals surface area (Å²) in [6.07, 6.45) is 1.25. The molecular weight excluding hydrogens is 382 g/mol. The van der Waals surface area contributed by atoms with Crippen molar-refractivity contribution >= 4 is 39.7 Å². The minimum Gasteiger partial charge on any atom is -0.477 e. The van der Waals surface area contributed by atoms with Gasteiger partial charge in [-0.25, -0.2) is 4.79 Å². The third kappa shape index (κ3) is 2.99. The maximum Gasteiger partial charge on any atom is 0.346 e. The number of benzene rings is 1. The molecule has 0 radical (unpaired) electrons. The summed E-state index contributed by atoms with van der Waals surface area (Å²) >= 11 is 7.31. The summed E-state index contributed by atoms with van der Waals surface area (Å²) < 4.78 is 0. The number of allylic oxidation sites excluding steroid dienone is 2. The van der Waals surface area contributed by atoms with E-state index in [-0.39, 0.29) is 17.1 Å². The fourth-order valence-corrected chi connectivity index (χ4v) is 5.46. The van der Waals surface area contributed by atoms with E-state index in [1.807, 2.05) is 31.2 Å². The molecule has 0 amide bonds. The van der Waals surface area contributed by atoms with E-state index in [1.165, 1.54) is 11.3 Å². The third-order valence-corrected chi connectivity index (χ3v) is 6.82. The Kier molecular flexibility index (Phi) is 4.20. The standard InChI is InChI=1S/C21H20ClNO3S/c1-10-15-16(11-4-6-12(22)7-5-11)17-13(8-21(2,3)9-14(17)24)23-19(15)27-18(10)20(25)26/h4-7,16,23H,8-9H2,1-3H3,(H,25,26). The van der Waals surface area contributed by atoms with Crippen molar-refractivity contribution in [2.45, 2.75) is 39.5 Å². The number of fused-ring (bicyclic) bond motifs is 1. The molecule has 1 aromatic carbocycles.